The fourth-order valence-electron chi connectivity index (χ4n) is 6.44. The van der Waals surface area contributed by atoms with Gasteiger partial charge in [-0.1, -0.05) is 45.4 Å². The first-order chi connectivity index (χ1) is 16.7. The smallest absolute Gasteiger partial charge is 0.407 e. The summed E-state index contributed by atoms with van der Waals surface area (Å²) in [4.78, 5) is 21.2. The van der Waals surface area contributed by atoms with Crippen LogP contribution in [0, 0.1) is 23.7 Å². The van der Waals surface area contributed by atoms with Gasteiger partial charge in [0, 0.05) is 49.9 Å². The lowest BCUT2D eigenvalue weighted by Crippen LogP contribution is -2.50. The van der Waals surface area contributed by atoms with Gasteiger partial charge < -0.3 is 20.2 Å². The van der Waals surface area contributed by atoms with Crippen molar-refractivity contribution in [3.63, 3.8) is 0 Å². The monoisotopic (exact) mass is 480 g/mol. The number of rotatable bonds is 7. The zero-order valence-corrected chi connectivity index (χ0v) is 22.2. The van der Waals surface area contributed by atoms with Gasteiger partial charge in [0.15, 0.2) is 0 Å². The van der Waals surface area contributed by atoms with E-state index in [9.17, 15) is 9.90 Å². The van der Waals surface area contributed by atoms with Gasteiger partial charge in [-0.2, -0.15) is 0 Å². The summed E-state index contributed by atoms with van der Waals surface area (Å²) in [7, 11) is 4.14. The van der Waals surface area contributed by atoms with Crippen molar-refractivity contribution in [3.05, 3.63) is 30.3 Å². The average molecular weight is 481 g/mol. The number of nitrogens with one attached hydrogen (secondary N) is 1. The molecule has 2 saturated carbocycles. The Morgan fingerprint density at radius 2 is 1.83 bits per heavy atom. The molecule has 2 aliphatic carbocycles. The van der Waals surface area contributed by atoms with Crippen LogP contribution in [0.1, 0.15) is 65.7 Å². The first-order valence-electron chi connectivity index (χ1n) is 13.6. The molecule has 6 nitrogen and oxygen atoms in total. The van der Waals surface area contributed by atoms with Crippen molar-refractivity contribution in [2.45, 2.75) is 77.8 Å². The summed E-state index contributed by atoms with van der Waals surface area (Å²) in [5, 5.41) is 15.0. The molecule has 0 bridgehead atoms. The van der Waals surface area contributed by atoms with Gasteiger partial charge in [0.05, 0.1) is 5.52 Å². The predicted molar refractivity (Wildman–Crippen MR) is 145 cm³/mol. The van der Waals surface area contributed by atoms with Crippen molar-refractivity contribution in [1.82, 2.24) is 9.88 Å². The number of hydrogen-bond acceptors (Lipinski definition) is 4. The number of carbonyl (C=O) groups is 1. The zero-order chi connectivity index (χ0) is 25.1. The normalized spacial score (nSPS) is 27.1. The summed E-state index contributed by atoms with van der Waals surface area (Å²) in [5.41, 5.74) is 2.18. The lowest BCUT2D eigenvalue weighted by atomic mass is 9.73. The molecule has 6 heteroatoms. The lowest BCUT2D eigenvalue weighted by Gasteiger charge is -2.44. The fraction of sp³-hybridized carbons (Fsp3) is 0.655. The van der Waals surface area contributed by atoms with Crippen LogP contribution in [-0.2, 0) is 0 Å². The third kappa shape index (κ3) is 6.02. The summed E-state index contributed by atoms with van der Waals surface area (Å²) in [6, 6.07) is 11.0. The number of aromatic nitrogens is 1. The van der Waals surface area contributed by atoms with Crippen LogP contribution in [0.25, 0.3) is 10.9 Å². The molecule has 1 heterocycles. The minimum absolute atomic E-state index is 0.165. The molecule has 0 radical (unpaired) electrons. The highest BCUT2D eigenvalue weighted by molar-refractivity contribution is 5.93. The molecule has 2 aromatic rings. The van der Waals surface area contributed by atoms with Gasteiger partial charge in [0.1, 0.15) is 5.82 Å². The minimum atomic E-state index is -0.730. The molecule has 192 valence electrons. The van der Waals surface area contributed by atoms with Crippen LogP contribution in [0.5, 0.6) is 0 Å². The lowest BCUT2D eigenvalue weighted by molar-refractivity contribution is 0.0440. The van der Waals surface area contributed by atoms with Crippen LogP contribution in [0.15, 0.2) is 30.3 Å². The molecule has 1 unspecified atom stereocenters. The van der Waals surface area contributed by atoms with Crippen LogP contribution >= 0.6 is 0 Å². The quantitative estimate of drug-likeness (QED) is 0.461. The molecule has 1 aromatic heterocycles. The fourth-order valence-corrected chi connectivity index (χ4v) is 6.44. The van der Waals surface area contributed by atoms with Crippen LogP contribution in [0.2, 0.25) is 0 Å². The van der Waals surface area contributed by atoms with Gasteiger partial charge in [-0.3, -0.25) is 0 Å². The molecule has 0 aliphatic heterocycles. The molecular formula is C29H44N4O2. The number of amides is 1. The third-order valence-electron chi connectivity index (χ3n) is 8.46. The van der Waals surface area contributed by atoms with E-state index >= 15 is 0 Å². The van der Waals surface area contributed by atoms with E-state index in [0.717, 1.165) is 55.2 Å². The van der Waals surface area contributed by atoms with Crippen molar-refractivity contribution in [2.24, 2.45) is 23.7 Å². The Balaban J connectivity index is 1.39. The number of hydrogen-bond donors (Lipinski definition) is 2. The van der Waals surface area contributed by atoms with Crippen molar-refractivity contribution in [2.75, 3.05) is 30.9 Å². The maximum Gasteiger partial charge on any atom is 0.407 e. The van der Waals surface area contributed by atoms with E-state index in [1.807, 2.05) is 11.0 Å². The van der Waals surface area contributed by atoms with Crippen LogP contribution in [0.3, 0.4) is 0 Å². The van der Waals surface area contributed by atoms with Crippen molar-refractivity contribution in [1.29, 1.82) is 0 Å². The molecule has 1 aromatic carbocycles. The number of para-hydroxylation sites is 1. The highest BCUT2D eigenvalue weighted by Crippen LogP contribution is 2.38. The largest absolute Gasteiger partial charge is 0.465 e. The Morgan fingerprint density at radius 1 is 1.11 bits per heavy atom. The number of benzene rings is 1. The van der Waals surface area contributed by atoms with E-state index in [1.165, 1.54) is 12.1 Å². The Hall–Kier alpha value is -2.50. The second-order valence-electron chi connectivity index (χ2n) is 11.6. The zero-order valence-electron chi connectivity index (χ0n) is 22.2. The Bertz CT molecular complexity index is 999. The molecule has 1 amide bonds. The van der Waals surface area contributed by atoms with Crippen molar-refractivity contribution < 1.29 is 9.90 Å². The predicted octanol–water partition coefficient (Wildman–Crippen LogP) is 6.71. The van der Waals surface area contributed by atoms with E-state index < -0.39 is 6.09 Å². The van der Waals surface area contributed by atoms with E-state index in [1.54, 1.807) is 0 Å². The molecule has 3 atom stereocenters. The van der Waals surface area contributed by atoms with Gasteiger partial charge >= 0.3 is 6.09 Å². The molecule has 2 fully saturated rings. The molecule has 2 N–H and O–H groups in total. The van der Waals surface area contributed by atoms with Gasteiger partial charge in [-0.25, -0.2) is 9.78 Å². The van der Waals surface area contributed by atoms with Gasteiger partial charge in [0.25, 0.3) is 0 Å². The summed E-state index contributed by atoms with van der Waals surface area (Å²) >= 11 is 0. The SMILES string of the molecule is CC(C)[C@@H]1CC[C@@H](C)CC1N(C[C@H]1CC[C@@H](Nc2cc(N(C)C)c3ccccc3n2)CC1)C(=O)O. The van der Waals surface area contributed by atoms with E-state index in [-0.39, 0.29) is 6.04 Å². The molecule has 4 rings (SSSR count). The van der Waals surface area contributed by atoms with Crippen LogP contribution in [-0.4, -0.2) is 53.8 Å². The summed E-state index contributed by atoms with van der Waals surface area (Å²) in [6.45, 7) is 7.48. The number of fused-ring (bicyclic) bond motifs is 1. The van der Waals surface area contributed by atoms with Gasteiger partial charge in [0.2, 0.25) is 0 Å². The van der Waals surface area contributed by atoms with E-state index in [0.29, 0.717) is 36.3 Å². The minimum Gasteiger partial charge on any atom is -0.465 e. The van der Waals surface area contributed by atoms with E-state index in [2.05, 4.69) is 69.3 Å². The molecule has 35 heavy (non-hydrogen) atoms. The van der Waals surface area contributed by atoms with Gasteiger partial charge in [-0.05, 0) is 68.3 Å². The van der Waals surface area contributed by atoms with Gasteiger partial charge in [-0.15, -0.1) is 0 Å². The van der Waals surface area contributed by atoms with Crippen molar-refractivity contribution in [3.8, 4) is 0 Å². The second kappa shape index (κ2) is 11.0. The highest BCUT2D eigenvalue weighted by atomic mass is 16.4. The summed E-state index contributed by atoms with van der Waals surface area (Å²) in [5.74, 6) is 2.98. The number of nitrogens with zero attached hydrogens (tertiary/aromatic N) is 3. The molecular weight excluding hydrogens is 436 g/mol. The van der Waals surface area contributed by atoms with E-state index in [4.69, 9.17) is 4.98 Å². The van der Waals surface area contributed by atoms with Crippen LogP contribution in [0.4, 0.5) is 16.3 Å². The topological polar surface area (TPSA) is 68.7 Å². The third-order valence-corrected chi connectivity index (χ3v) is 8.46. The Labute approximate surface area is 211 Å². The number of anilines is 2. The first kappa shape index (κ1) is 25.6. The van der Waals surface area contributed by atoms with Crippen LogP contribution < -0.4 is 10.2 Å². The molecule has 0 spiro atoms. The maximum absolute atomic E-state index is 12.3. The highest BCUT2D eigenvalue weighted by Gasteiger charge is 2.38. The van der Waals surface area contributed by atoms with Crippen molar-refractivity contribution >= 4 is 28.5 Å². The Morgan fingerprint density at radius 3 is 2.49 bits per heavy atom. The number of pyridine rings is 1. The molecule has 2 aliphatic rings. The summed E-state index contributed by atoms with van der Waals surface area (Å²) < 4.78 is 0. The summed E-state index contributed by atoms with van der Waals surface area (Å²) in [6.07, 6.45) is 6.88. The number of carboxylic acid groups (broad SMARTS) is 1. The Kier molecular flexibility index (Phi) is 8.08. The standard InChI is InChI=1S/C29H44N4O2/c1-19(2)23-15-10-20(3)16-27(23)33(29(34)35)18-21-11-13-22(14-12-21)30-28-17-26(32(4)5)24-8-6-7-9-25(24)31-28/h6-9,17,19-23,27H,10-16,18H2,1-5H3,(H,30,31)(H,34,35)/t20-,21-,22+,23+,27?/m1/s1. The average Bonchev–Trinajstić information content (AvgIpc) is 2.82. The maximum atomic E-state index is 12.3. The second-order valence-corrected chi connectivity index (χ2v) is 11.6. The first-order valence-corrected chi connectivity index (χ1v) is 13.6. The molecule has 0 saturated heterocycles.